The van der Waals surface area contributed by atoms with Crippen molar-refractivity contribution < 1.29 is 22.7 Å². The summed E-state index contributed by atoms with van der Waals surface area (Å²) in [5.41, 5.74) is 2.13. The number of hydrogen-bond donors (Lipinski definition) is 0. The molecule has 6 nitrogen and oxygen atoms in total. The van der Waals surface area contributed by atoms with E-state index < -0.39 is 21.9 Å². The molecule has 142 valence electrons. The Morgan fingerprint density at radius 1 is 1.30 bits per heavy atom. The van der Waals surface area contributed by atoms with E-state index in [0.29, 0.717) is 17.0 Å². The molecule has 0 fully saturated rings. The van der Waals surface area contributed by atoms with Gasteiger partial charge in [0.15, 0.2) is 9.84 Å². The summed E-state index contributed by atoms with van der Waals surface area (Å²) in [6, 6.07) is 6.53. The molecule has 1 atom stereocenters. The van der Waals surface area contributed by atoms with E-state index >= 15 is 0 Å². The van der Waals surface area contributed by atoms with Crippen molar-refractivity contribution in [1.82, 2.24) is 4.98 Å². The first-order valence-corrected chi connectivity index (χ1v) is 10.5. The van der Waals surface area contributed by atoms with E-state index in [1.54, 1.807) is 37.3 Å². The Morgan fingerprint density at radius 3 is 2.63 bits per heavy atom. The van der Waals surface area contributed by atoms with E-state index in [-0.39, 0.29) is 16.5 Å². The molecule has 27 heavy (non-hydrogen) atoms. The number of esters is 1. The fourth-order valence-electron chi connectivity index (χ4n) is 2.90. The summed E-state index contributed by atoms with van der Waals surface area (Å²) in [4.78, 5) is 16.4. The number of ether oxygens (including phenoxy) is 2. The third kappa shape index (κ3) is 4.14. The fraction of sp³-hybridized carbons (Fsp3) is 0.263. The first-order chi connectivity index (χ1) is 12.7. The molecule has 2 aromatic rings. The van der Waals surface area contributed by atoms with Gasteiger partial charge in [-0.15, -0.1) is 0 Å². The van der Waals surface area contributed by atoms with Gasteiger partial charge in [0.25, 0.3) is 0 Å². The predicted molar refractivity (Wildman–Crippen MR) is 100 cm³/mol. The monoisotopic (exact) mass is 407 g/mol. The van der Waals surface area contributed by atoms with Crippen molar-refractivity contribution in [2.75, 3.05) is 6.26 Å². The van der Waals surface area contributed by atoms with Crippen molar-refractivity contribution in [3.05, 3.63) is 64.0 Å². The van der Waals surface area contributed by atoms with Gasteiger partial charge in [0.05, 0.1) is 9.92 Å². The molecule has 0 saturated heterocycles. The Labute approximate surface area is 162 Å². The Bertz CT molecular complexity index is 1030. The number of hydrogen-bond acceptors (Lipinski definition) is 6. The van der Waals surface area contributed by atoms with E-state index in [2.05, 4.69) is 4.98 Å². The van der Waals surface area contributed by atoms with Gasteiger partial charge in [0, 0.05) is 30.2 Å². The second-order valence-corrected chi connectivity index (χ2v) is 8.64. The van der Waals surface area contributed by atoms with Gasteiger partial charge in [-0.2, -0.15) is 0 Å². The van der Waals surface area contributed by atoms with Gasteiger partial charge in [-0.1, -0.05) is 24.6 Å². The van der Waals surface area contributed by atoms with Crippen LogP contribution < -0.4 is 4.74 Å². The van der Waals surface area contributed by atoms with Gasteiger partial charge in [-0.05, 0) is 36.6 Å². The minimum atomic E-state index is -3.34. The average molecular weight is 408 g/mol. The maximum absolute atomic E-state index is 12.2. The van der Waals surface area contributed by atoms with Crippen molar-refractivity contribution in [2.45, 2.75) is 31.3 Å². The van der Waals surface area contributed by atoms with Crippen LogP contribution >= 0.6 is 11.6 Å². The minimum absolute atomic E-state index is 0.0294. The third-order valence-electron chi connectivity index (χ3n) is 4.18. The summed E-state index contributed by atoms with van der Waals surface area (Å²) in [5.74, 6) is -0.354. The van der Waals surface area contributed by atoms with Gasteiger partial charge in [0.1, 0.15) is 6.10 Å². The Kier molecular flexibility index (Phi) is 5.26. The van der Waals surface area contributed by atoms with E-state index in [9.17, 15) is 13.2 Å². The summed E-state index contributed by atoms with van der Waals surface area (Å²) in [7, 11) is -3.34. The second-order valence-electron chi connectivity index (χ2n) is 6.22. The van der Waals surface area contributed by atoms with Crippen LogP contribution in [-0.4, -0.2) is 25.6 Å². The average Bonchev–Trinajstić information content (AvgIpc) is 2.96. The number of aryl methyl sites for hydroxylation is 2. The quantitative estimate of drug-likeness (QED) is 0.704. The molecule has 1 aliphatic heterocycles. The molecule has 1 aromatic heterocycles. The van der Waals surface area contributed by atoms with Crippen LogP contribution in [0.3, 0.4) is 0 Å². The van der Waals surface area contributed by atoms with E-state index in [1.165, 1.54) is 12.5 Å². The Hall–Kier alpha value is -2.38. The van der Waals surface area contributed by atoms with Crippen LogP contribution in [0, 0.1) is 6.92 Å². The first-order valence-electron chi connectivity index (χ1n) is 8.24. The highest BCUT2D eigenvalue weighted by Gasteiger charge is 2.31. The van der Waals surface area contributed by atoms with Gasteiger partial charge in [-0.3, -0.25) is 0 Å². The topological polar surface area (TPSA) is 82.6 Å². The highest BCUT2D eigenvalue weighted by molar-refractivity contribution is 7.90. The number of nitrogens with zero attached hydrogens (tertiary/aromatic N) is 1. The lowest BCUT2D eigenvalue weighted by molar-refractivity contribution is -0.141. The number of carbonyl (C=O) groups is 1. The Balaban J connectivity index is 1.94. The summed E-state index contributed by atoms with van der Waals surface area (Å²) in [5, 5.41) is 0.456. The largest absolute Gasteiger partial charge is 0.447 e. The first kappa shape index (κ1) is 19.4. The van der Waals surface area contributed by atoms with Crippen LogP contribution in [0.15, 0.2) is 47.2 Å². The van der Waals surface area contributed by atoms with Crippen LogP contribution in [0.5, 0.6) is 5.88 Å². The molecule has 1 aliphatic rings. The van der Waals surface area contributed by atoms with Crippen molar-refractivity contribution in [2.24, 2.45) is 0 Å². The number of carbonyl (C=O) groups excluding carboxylic acids is 1. The van der Waals surface area contributed by atoms with Crippen molar-refractivity contribution in [3.8, 4) is 5.88 Å². The molecule has 1 aromatic carbocycles. The lowest BCUT2D eigenvalue weighted by atomic mass is 9.98. The minimum Gasteiger partial charge on any atom is -0.447 e. The molecule has 3 rings (SSSR count). The maximum Gasteiger partial charge on any atom is 0.375 e. The van der Waals surface area contributed by atoms with Gasteiger partial charge in [0.2, 0.25) is 11.6 Å². The summed E-state index contributed by atoms with van der Waals surface area (Å²) < 4.78 is 34.8. The highest BCUT2D eigenvalue weighted by atomic mass is 35.5. The fourth-order valence-corrected chi connectivity index (χ4v) is 4.01. The Morgan fingerprint density at radius 2 is 2.04 bits per heavy atom. The molecule has 0 radical (unpaired) electrons. The molecule has 0 saturated carbocycles. The lowest BCUT2D eigenvalue weighted by Gasteiger charge is -2.16. The number of rotatable bonds is 5. The number of cyclic esters (lactones) is 1. The standard InChI is InChI=1S/C19H18ClNO5S/c1-4-12-8-17(27(3,23)24)11(2)7-14(12)15-9-16(19(22)26-15)25-18-6-5-13(20)10-21-18/h5-10,15H,4H2,1-3H3/t15-/m1/s1. The molecule has 0 unspecified atom stereocenters. The number of sulfone groups is 1. The number of aromatic nitrogens is 1. The van der Waals surface area contributed by atoms with Gasteiger partial charge < -0.3 is 9.47 Å². The second kappa shape index (κ2) is 7.32. The lowest BCUT2D eigenvalue weighted by Crippen LogP contribution is -2.09. The number of pyridine rings is 1. The molecular weight excluding hydrogens is 390 g/mol. The molecule has 0 aliphatic carbocycles. The van der Waals surface area contributed by atoms with Gasteiger partial charge in [-0.25, -0.2) is 18.2 Å². The molecule has 0 amide bonds. The molecule has 2 heterocycles. The van der Waals surface area contributed by atoms with Crippen molar-refractivity contribution in [3.63, 3.8) is 0 Å². The van der Waals surface area contributed by atoms with Crippen molar-refractivity contribution >= 4 is 27.4 Å². The zero-order valence-corrected chi connectivity index (χ0v) is 16.6. The molecule has 0 bridgehead atoms. The summed E-state index contributed by atoms with van der Waals surface area (Å²) in [6.07, 6.45) is 4.09. The van der Waals surface area contributed by atoms with E-state index in [1.807, 2.05) is 6.92 Å². The van der Waals surface area contributed by atoms with Gasteiger partial charge >= 0.3 is 5.97 Å². The van der Waals surface area contributed by atoms with Crippen LogP contribution in [0.25, 0.3) is 0 Å². The zero-order valence-electron chi connectivity index (χ0n) is 15.0. The number of halogens is 1. The maximum atomic E-state index is 12.2. The predicted octanol–water partition coefficient (Wildman–Crippen LogP) is 3.57. The molecular formula is C19H18ClNO5S. The zero-order chi connectivity index (χ0) is 19.8. The smallest absolute Gasteiger partial charge is 0.375 e. The molecule has 0 spiro atoms. The normalized spacial score (nSPS) is 16.8. The van der Waals surface area contributed by atoms with E-state index in [4.69, 9.17) is 21.1 Å². The van der Waals surface area contributed by atoms with Crippen molar-refractivity contribution in [1.29, 1.82) is 0 Å². The van der Waals surface area contributed by atoms with E-state index in [0.717, 1.165) is 11.1 Å². The SMILES string of the molecule is CCc1cc(S(C)(=O)=O)c(C)cc1[C@H]1C=C(Oc2ccc(Cl)cn2)C(=O)O1. The van der Waals surface area contributed by atoms with Crippen LogP contribution in [0.1, 0.15) is 29.7 Å². The van der Waals surface area contributed by atoms with Crippen LogP contribution in [0.4, 0.5) is 0 Å². The number of benzene rings is 1. The summed E-state index contributed by atoms with van der Waals surface area (Å²) in [6.45, 7) is 3.63. The molecule has 0 N–H and O–H groups in total. The van der Waals surface area contributed by atoms with Crippen LogP contribution in [-0.2, 0) is 25.8 Å². The third-order valence-corrected chi connectivity index (χ3v) is 5.64. The molecule has 8 heteroatoms. The van der Waals surface area contributed by atoms with Crippen LogP contribution in [0.2, 0.25) is 5.02 Å². The highest BCUT2D eigenvalue weighted by Crippen LogP contribution is 2.34. The summed E-state index contributed by atoms with van der Waals surface area (Å²) >= 11 is 5.79.